The molecule has 0 amide bonds. The zero-order valence-corrected chi connectivity index (χ0v) is 11.6. The molecule has 2 aromatic rings. The number of rotatable bonds is 1. The van der Waals surface area contributed by atoms with Crippen LogP contribution in [0.2, 0.25) is 0 Å². The number of nitrogens with two attached hydrogens (primary N) is 1. The Morgan fingerprint density at radius 2 is 1.72 bits per heavy atom. The maximum absolute atomic E-state index is 6.62. The molecule has 0 atom stereocenters. The average molecular weight is 242 g/mol. The SMILES string of the molecule is Cc1ccc(C)c2c1cc(C1(N)CCCC1)n2C. The highest BCUT2D eigenvalue weighted by Crippen LogP contribution is 2.39. The normalized spacial score (nSPS) is 18.7. The molecule has 1 aliphatic rings. The van der Waals surface area contributed by atoms with Crippen LogP contribution in [0.5, 0.6) is 0 Å². The van der Waals surface area contributed by atoms with Gasteiger partial charge in [0, 0.05) is 18.1 Å². The van der Waals surface area contributed by atoms with Crippen LogP contribution in [0.15, 0.2) is 18.2 Å². The minimum Gasteiger partial charge on any atom is -0.346 e. The first-order valence-electron chi connectivity index (χ1n) is 6.88. The van der Waals surface area contributed by atoms with Crippen molar-refractivity contribution >= 4 is 10.9 Å². The van der Waals surface area contributed by atoms with Gasteiger partial charge in [0.1, 0.15) is 0 Å². The zero-order valence-electron chi connectivity index (χ0n) is 11.6. The second kappa shape index (κ2) is 3.86. The molecule has 2 N–H and O–H groups in total. The number of benzene rings is 1. The minimum absolute atomic E-state index is 0.105. The van der Waals surface area contributed by atoms with Crippen molar-refractivity contribution in [2.24, 2.45) is 12.8 Å². The highest BCUT2D eigenvalue weighted by molar-refractivity contribution is 5.87. The van der Waals surface area contributed by atoms with E-state index >= 15 is 0 Å². The summed E-state index contributed by atoms with van der Waals surface area (Å²) in [7, 11) is 2.16. The number of fused-ring (bicyclic) bond motifs is 1. The van der Waals surface area contributed by atoms with Crippen LogP contribution in [0.1, 0.15) is 42.5 Å². The van der Waals surface area contributed by atoms with Gasteiger partial charge in [-0.15, -0.1) is 0 Å². The maximum atomic E-state index is 6.62. The summed E-state index contributed by atoms with van der Waals surface area (Å²) in [5, 5.41) is 1.37. The molecule has 0 bridgehead atoms. The molecule has 18 heavy (non-hydrogen) atoms. The van der Waals surface area contributed by atoms with Crippen LogP contribution < -0.4 is 5.73 Å². The Hall–Kier alpha value is -1.28. The van der Waals surface area contributed by atoms with Crippen molar-refractivity contribution in [3.05, 3.63) is 35.0 Å². The van der Waals surface area contributed by atoms with E-state index in [1.54, 1.807) is 0 Å². The molecular weight excluding hydrogens is 220 g/mol. The third kappa shape index (κ3) is 1.52. The van der Waals surface area contributed by atoms with Crippen molar-refractivity contribution in [3.63, 3.8) is 0 Å². The molecule has 1 aromatic carbocycles. The van der Waals surface area contributed by atoms with Gasteiger partial charge >= 0.3 is 0 Å². The van der Waals surface area contributed by atoms with Crippen molar-refractivity contribution in [2.45, 2.75) is 45.1 Å². The van der Waals surface area contributed by atoms with E-state index in [4.69, 9.17) is 5.73 Å². The molecule has 2 heteroatoms. The molecule has 0 saturated heterocycles. The summed E-state index contributed by atoms with van der Waals surface area (Å²) in [5.74, 6) is 0. The van der Waals surface area contributed by atoms with Crippen LogP contribution in [0, 0.1) is 13.8 Å². The predicted molar refractivity (Wildman–Crippen MR) is 76.7 cm³/mol. The van der Waals surface area contributed by atoms with Crippen LogP contribution >= 0.6 is 0 Å². The van der Waals surface area contributed by atoms with Crippen LogP contribution in [0.3, 0.4) is 0 Å². The number of hydrogen-bond donors (Lipinski definition) is 1. The van der Waals surface area contributed by atoms with Crippen molar-refractivity contribution in [1.29, 1.82) is 0 Å². The van der Waals surface area contributed by atoms with Gasteiger partial charge in [-0.2, -0.15) is 0 Å². The first kappa shape index (κ1) is 11.8. The summed E-state index contributed by atoms with van der Waals surface area (Å²) in [4.78, 5) is 0. The lowest BCUT2D eigenvalue weighted by molar-refractivity contribution is 0.435. The Morgan fingerprint density at radius 1 is 1.11 bits per heavy atom. The average Bonchev–Trinajstić information content (AvgIpc) is 2.90. The van der Waals surface area contributed by atoms with Gasteiger partial charge in [-0.25, -0.2) is 0 Å². The van der Waals surface area contributed by atoms with Crippen LogP contribution in [-0.2, 0) is 12.6 Å². The molecule has 3 rings (SSSR count). The summed E-state index contributed by atoms with van der Waals surface area (Å²) >= 11 is 0. The van der Waals surface area contributed by atoms with Gasteiger partial charge in [-0.1, -0.05) is 25.0 Å². The molecular formula is C16H22N2. The third-order valence-corrected chi connectivity index (χ3v) is 4.62. The number of aryl methyl sites for hydroxylation is 3. The summed E-state index contributed by atoms with van der Waals surface area (Å²) in [5.41, 5.74) is 11.9. The lowest BCUT2D eigenvalue weighted by atomic mass is 9.94. The van der Waals surface area contributed by atoms with E-state index < -0.39 is 0 Å². The standard InChI is InChI=1S/C16H22N2/c1-11-6-7-12(2)15-13(11)10-14(18(15)3)16(17)8-4-5-9-16/h6-7,10H,4-5,8-9,17H2,1-3H3. The van der Waals surface area contributed by atoms with E-state index in [1.807, 2.05) is 0 Å². The van der Waals surface area contributed by atoms with Gasteiger partial charge in [0.15, 0.2) is 0 Å². The Morgan fingerprint density at radius 3 is 2.33 bits per heavy atom. The van der Waals surface area contributed by atoms with E-state index in [2.05, 4.69) is 43.7 Å². The van der Waals surface area contributed by atoms with E-state index in [-0.39, 0.29) is 5.54 Å². The van der Waals surface area contributed by atoms with Crippen molar-refractivity contribution < 1.29 is 0 Å². The molecule has 1 aromatic heterocycles. The Bertz CT molecular complexity index is 601. The highest BCUT2D eigenvalue weighted by Gasteiger charge is 2.34. The number of nitrogens with zero attached hydrogens (tertiary/aromatic N) is 1. The molecule has 0 unspecified atom stereocenters. The molecule has 1 saturated carbocycles. The predicted octanol–water partition coefficient (Wildman–Crippen LogP) is 3.52. The Balaban J connectivity index is 2.29. The molecule has 0 radical (unpaired) electrons. The summed E-state index contributed by atoms with van der Waals surface area (Å²) in [6, 6.07) is 6.74. The van der Waals surface area contributed by atoms with Crippen LogP contribution in [0.4, 0.5) is 0 Å². The van der Waals surface area contributed by atoms with E-state index in [9.17, 15) is 0 Å². The van der Waals surface area contributed by atoms with Gasteiger partial charge < -0.3 is 10.3 Å². The minimum atomic E-state index is -0.105. The summed E-state index contributed by atoms with van der Waals surface area (Å²) in [6.07, 6.45) is 4.76. The number of aromatic nitrogens is 1. The first-order valence-corrected chi connectivity index (χ1v) is 6.88. The van der Waals surface area contributed by atoms with E-state index in [0.717, 1.165) is 12.8 Å². The first-order chi connectivity index (χ1) is 8.53. The lowest BCUT2D eigenvalue weighted by Crippen LogP contribution is -2.35. The molecule has 2 nitrogen and oxygen atoms in total. The van der Waals surface area contributed by atoms with Gasteiger partial charge in [-0.3, -0.25) is 0 Å². The van der Waals surface area contributed by atoms with Gasteiger partial charge in [-0.05, 0) is 43.9 Å². The molecule has 1 fully saturated rings. The summed E-state index contributed by atoms with van der Waals surface area (Å²) in [6.45, 7) is 4.37. The molecule has 0 spiro atoms. The topological polar surface area (TPSA) is 30.9 Å². The van der Waals surface area contributed by atoms with Crippen molar-refractivity contribution in [3.8, 4) is 0 Å². The summed E-state index contributed by atoms with van der Waals surface area (Å²) < 4.78 is 2.32. The molecule has 96 valence electrons. The highest BCUT2D eigenvalue weighted by atomic mass is 15.0. The molecule has 1 heterocycles. The largest absolute Gasteiger partial charge is 0.346 e. The van der Waals surface area contributed by atoms with Crippen molar-refractivity contribution in [2.75, 3.05) is 0 Å². The maximum Gasteiger partial charge on any atom is 0.0563 e. The number of hydrogen-bond acceptors (Lipinski definition) is 1. The molecule has 1 aliphatic carbocycles. The van der Waals surface area contributed by atoms with Gasteiger partial charge in [0.25, 0.3) is 0 Å². The van der Waals surface area contributed by atoms with Crippen molar-refractivity contribution in [1.82, 2.24) is 4.57 Å². The fraction of sp³-hybridized carbons (Fsp3) is 0.500. The Labute approximate surface area is 109 Å². The van der Waals surface area contributed by atoms with Crippen LogP contribution in [-0.4, -0.2) is 4.57 Å². The monoisotopic (exact) mass is 242 g/mol. The fourth-order valence-electron chi connectivity index (χ4n) is 3.54. The van der Waals surface area contributed by atoms with Gasteiger partial charge in [0.2, 0.25) is 0 Å². The molecule has 0 aliphatic heterocycles. The fourth-order valence-corrected chi connectivity index (χ4v) is 3.54. The Kier molecular flexibility index (Phi) is 2.53. The smallest absolute Gasteiger partial charge is 0.0563 e. The van der Waals surface area contributed by atoms with Crippen LogP contribution in [0.25, 0.3) is 10.9 Å². The second-order valence-electron chi connectivity index (χ2n) is 5.91. The zero-order chi connectivity index (χ0) is 12.9. The quantitative estimate of drug-likeness (QED) is 0.815. The second-order valence-corrected chi connectivity index (χ2v) is 5.91. The third-order valence-electron chi connectivity index (χ3n) is 4.62. The van der Waals surface area contributed by atoms with Gasteiger partial charge in [0.05, 0.1) is 11.1 Å². The lowest BCUT2D eigenvalue weighted by Gasteiger charge is -2.24. The van der Waals surface area contributed by atoms with E-state index in [0.29, 0.717) is 0 Å². The van der Waals surface area contributed by atoms with E-state index in [1.165, 1.54) is 40.6 Å².